The van der Waals surface area contributed by atoms with Crippen molar-refractivity contribution in [3.63, 3.8) is 0 Å². The molecule has 1 aromatic carbocycles. The van der Waals surface area contributed by atoms with E-state index in [4.69, 9.17) is 0 Å². The van der Waals surface area contributed by atoms with Crippen LogP contribution < -0.4 is 5.32 Å². The molecule has 5 nitrogen and oxygen atoms in total. The first-order valence-corrected chi connectivity index (χ1v) is 10.8. The fraction of sp³-hybridized carbons (Fsp3) is 0.444. The van der Waals surface area contributed by atoms with Crippen LogP contribution >= 0.6 is 11.3 Å². The molecule has 2 bridgehead atoms. The summed E-state index contributed by atoms with van der Waals surface area (Å²) in [5, 5.41) is 3.78. The van der Waals surface area contributed by atoms with Gasteiger partial charge in [-0.25, -0.2) is 14.2 Å². The minimum absolute atomic E-state index is 0.110. The summed E-state index contributed by atoms with van der Waals surface area (Å²) in [7, 11) is -0.801. The molecule has 2 saturated heterocycles. The van der Waals surface area contributed by atoms with Gasteiger partial charge in [0, 0.05) is 46.6 Å². The molecule has 26 heavy (non-hydrogen) atoms. The average Bonchev–Trinajstić information content (AvgIpc) is 3.13. The van der Waals surface area contributed by atoms with Crippen LogP contribution in [0, 0.1) is 5.82 Å². The SMILES string of the molecule is O=C(Nc1ncc(Cc2ccc(F)cc2)s1)N1CCC2CCC(C1)S2=O. The topological polar surface area (TPSA) is 62.3 Å². The standard InChI is InChI=1S/C18H20FN3O2S2/c19-13-3-1-12(2-4-13)9-14-10-20-17(25-14)21-18(23)22-8-7-15-5-6-16(11-22)26(15)24/h1-4,10,15-16H,5-9,11H2,(H,20,21,23). The molecule has 0 saturated carbocycles. The Morgan fingerprint density at radius 3 is 2.85 bits per heavy atom. The van der Waals surface area contributed by atoms with Crippen LogP contribution in [0.4, 0.5) is 14.3 Å². The van der Waals surface area contributed by atoms with Gasteiger partial charge >= 0.3 is 6.03 Å². The van der Waals surface area contributed by atoms with Gasteiger partial charge in [-0.15, -0.1) is 11.3 Å². The smallest absolute Gasteiger partial charge is 0.323 e. The van der Waals surface area contributed by atoms with Crippen LogP contribution in [-0.2, 0) is 17.2 Å². The Bertz CT molecular complexity index is 824. The maximum absolute atomic E-state index is 13.0. The van der Waals surface area contributed by atoms with Crippen molar-refractivity contribution in [1.29, 1.82) is 0 Å². The van der Waals surface area contributed by atoms with Gasteiger partial charge in [0.1, 0.15) is 5.82 Å². The van der Waals surface area contributed by atoms with E-state index in [0.29, 0.717) is 24.6 Å². The largest absolute Gasteiger partial charge is 0.323 e. The quantitative estimate of drug-likeness (QED) is 0.869. The zero-order valence-corrected chi connectivity index (χ0v) is 15.8. The Hall–Kier alpha value is -1.80. The first kappa shape index (κ1) is 17.6. The number of rotatable bonds is 3. The normalized spacial score (nSPS) is 25.1. The number of carbonyl (C=O) groups excluding carboxylic acids is 1. The van der Waals surface area contributed by atoms with Crippen molar-refractivity contribution in [2.24, 2.45) is 0 Å². The van der Waals surface area contributed by atoms with E-state index < -0.39 is 10.8 Å². The van der Waals surface area contributed by atoms with Crippen LogP contribution in [0.2, 0.25) is 0 Å². The number of thiazole rings is 1. The zero-order chi connectivity index (χ0) is 18.1. The molecule has 4 rings (SSSR count). The van der Waals surface area contributed by atoms with Gasteiger partial charge in [0.05, 0.1) is 5.25 Å². The predicted molar refractivity (Wildman–Crippen MR) is 101 cm³/mol. The van der Waals surface area contributed by atoms with E-state index in [0.717, 1.165) is 29.7 Å². The fourth-order valence-electron chi connectivity index (χ4n) is 3.54. The van der Waals surface area contributed by atoms with Crippen molar-refractivity contribution in [2.75, 3.05) is 18.4 Å². The molecule has 138 valence electrons. The molecule has 0 spiro atoms. The van der Waals surface area contributed by atoms with Crippen molar-refractivity contribution in [3.05, 3.63) is 46.7 Å². The number of hydrogen-bond donors (Lipinski definition) is 1. The number of fused-ring (bicyclic) bond motifs is 2. The van der Waals surface area contributed by atoms with Gasteiger partial charge in [0.25, 0.3) is 0 Å². The number of urea groups is 1. The van der Waals surface area contributed by atoms with Gasteiger partial charge in [0.15, 0.2) is 5.13 Å². The molecule has 0 radical (unpaired) electrons. The van der Waals surface area contributed by atoms with Crippen molar-refractivity contribution in [3.8, 4) is 0 Å². The summed E-state index contributed by atoms with van der Waals surface area (Å²) in [4.78, 5) is 19.6. The van der Waals surface area contributed by atoms with Crippen molar-refractivity contribution >= 4 is 33.3 Å². The lowest BCUT2D eigenvalue weighted by Crippen LogP contribution is -2.39. The molecule has 3 heterocycles. The van der Waals surface area contributed by atoms with E-state index in [1.807, 2.05) is 0 Å². The molecule has 2 aliphatic rings. The van der Waals surface area contributed by atoms with Gasteiger partial charge in [-0.3, -0.25) is 9.53 Å². The predicted octanol–water partition coefficient (Wildman–Crippen LogP) is 3.39. The van der Waals surface area contributed by atoms with Crippen LogP contribution in [0.1, 0.15) is 29.7 Å². The lowest BCUT2D eigenvalue weighted by atomic mass is 10.1. The van der Waals surface area contributed by atoms with E-state index in [9.17, 15) is 13.4 Å². The van der Waals surface area contributed by atoms with Crippen LogP contribution in [-0.4, -0.2) is 43.7 Å². The summed E-state index contributed by atoms with van der Waals surface area (Å²) in [6, 6.07) is 6.21. The van der Waals surface area contributed by atoms with Gasteiger partial charge in [-0.1, -0.05) is 12.1 Å². The van der Waals surface area contributed by atoms with Crippen LogP contribution in [0.15, 0.2) is 30.5 Å². The number of aromatic nitrogens is 1. The highest BCUT2D eigenvalue weighted by molar-refractivity contribution is 7.86. The second-order valence-corrected chi connectivity index (χ2v) is 9.86. The molecule has 2 fully saturated rings. The molecule has 0 aliphatic carbocycles. The molecule has 2 aliphatic heterocycles. The first-order valence-electron chi connectivity index (χ1n) is 8.73. The molecule has 8 heteroatoms. The number of halogens is 1. The highest BCUT2D eigenvalue weighted by atomic mass is 32.2. The fourth-order valence-corrected chi connectivity index (χ4v) is 6.33. The highest BCUT2D eigenvalue weighted by Crippen LogP contribution is 2.30. The minimum Gasteiger partial charge on any atom is -0.323 e. The van der Waals surface area contributed by atoms with E-state index in [1.165, 1.54) is 23.5 Å². The van der Waals surface area contributed by atoms with Gasteiger partial charge in [0.2, 0.25) is 0 Å². The third-order valence-corrected chi connectivity index (χ3v) is 8.04. The third-order valence-electron chi connectivity index (χ3n) is 4.96. The summed E-state index contributed by atoms with van der Waals surface area (Å²) < 4.78 is 25.2. The Balaban J connectivity index is 1.37. The Morgan fingerprint density at radius 1 is 1.27 bits per heavy atom. The van der Waals surface area contributed by atoms with Crippen molar-refractivity contribution in [2.45, 2.75) is 36.2 Å². The molecule has 1 N–H and O–H groups in total. The van der Waals surface area contributed by atoms with E-state index in [2.05, 4.69) is 10.3 Å². The molecule has 1 aromatic heterocycles. The molecular formula is C18H20FN3O2S2. The minimum atomic E-state index is -0.801. The number of amides is 2. The second kappa shape index (κ2) is 7.44. The van der Waals surface area contributed by atoms with Crippen LogP contribution in [0.3, 0.4) is 0 Å². The van der Waals surface area contributed by atoms with Gasteiger partial charge < -0.3 is 4.90 Å². The summed E-state index contributed by atoms with van der Waals surface area (Å²) in [5.74, 6) is -0.252. The summed E-state index contributed by atoms with van der Waals surface area (Å²) in [6.45, 7) is 1.20. The van der Waals surface area contributed by atoms with Gasteiger partial charge in [-0.05, 0) is 37.0 Å². The second-order valence-electron chi connectivity index (χ2n) is 6.75. The van der Waals surface area contributed by atoms with E-state index in [-0.39, 0.29) is 22.3 Å². The van der Waals surface area contributed by atoms with Gasteiger partial charge in [-0.2, -0.15) is 0 Å². The molecule has 3 atom stereocenters. The van der Waals surface area contributed by atoms with Crippen LogP contribution in [0.25, 0.3) is 0 Å². The van der Waals surface area contributed by atoms with E-state index >= 15 is 0 Å². The first-order chi connectivity index (χ1) is 12.6. The number of carbonyl (C=O) groups is 1. The number of benzene rings is 1. The van der Waals surface area contributed by atoms with Crippen LogP contribution in [0.5, 0.6) is 0 Å². The van der Waals surface area contributed by atoms with Crippen molar-refractivity contribution < 1.29 is 13.4 Å². The molecule has 2 aromatic rings. The van der Waals surface area contributed by atoms with Crippen molar-refractivity contribution in [1.82, 2.24) is 9.88 Å². The maximum atomic E-state index is 13.0. The molecular weight excluding hydrogens is 373 g/mol. The Labute approximate surface area is 158 Å². The Morgan fingerprint density at radius 2 is 2.04 bits per heavy atom. The molecule has 3 unspecified atom stereocenters. The summed E-state index contributed by atoms with van der Waals surface area (Å²) in [5.41, 5.74) is 0.999. The lowest BCUT2D eigenvalue weighted by Gasteiger charge is -2.23. The number of nitrogens with zero attached hydrogens (tertiary/aromatic N) is 2. The number of nitrogens with one attached hydrogen (secondary N) is 1. The number of anilines is 1. The van der Waals surface area contributed by atoms with E-state index in [1.54, 1.807) is 23.2 Å². The lowest BCUT2D eigenvalue weighted by molar-refractivity contribution is 0.209. The molecule has 2 amide bonds. The zero-order valence-electron chi connectivity index (χ0n) is 14.2. The Kier molecular flexibility index (Phi) is 5.04. The monoisotopic (exact) mass is 393 g/mol. The average molecular weight is 394 g/mol. The number of hydrogen-bond acceptors (Lipinski definition) is 4. The third kappa shape index (κ3) is 3.81. The number of likely N-dealkylation sites (tertiary alicyclic amines) is 1. The maximum Gasteiger partial charge on any atom is 0.323 e. The summed E-state index contributed by atoms with van der Waals surface area (Å²) in [6.07, 6.45) is 5.17. The summed E-state index contributed by atoms with van der Waals surface area (Å²) >= 11 is 1.42. The highest BCUT2D eigenvalue weighted by Gasteiger charge is 2.38.